The number of methoxy groups -OCH3 is 2. The first-order chi connectivity index (χ1) is 11.2. The van der Waals surface area contributed by atoms with Crippen LogP contribution in [0.5, 0.6) is 11.5 Å². The van der Waals surface area contributed by atoms with E-state index in [1.54, 1.807) is 14.2 Å². The molecule has 118 valence electrons. The summed E-state index contributed by atoms with van der Waals surface area (Å²) >= 11 is 0. The maximum Gasteiger partial charge on any atom is 0.173 e. The van der Waals surface area contributed by atoms with Crippen LogP contribution < -0.4 is 9.47 Å². The zero-order valence-electron chi connectivity index (χ0n) is 13.6. The van der Waals surface area contributed by atoms with Gasteiger partial charge in [-0.15, -0.1) is 0 Å². The molecule has 4 nitrogen and oxygen atoms in total. The maximum atomic E-state index is 6.36. The van der Waals surface area contributed by atoms with Gasteiger partial charge in [-0.25, -0.2) is 0 Å². The molecule has 1 aromatic rings. The summed E-state index contributed by atoms with van der Waals surface area (Å²) in [5, 5.41) is 0. The van der Waals surface area contributed by atoms with Crippen molar-refractivity contribution < 1.29 is 14.2 Å². The summed E-state index contributed by atoms with van der Waals surface area (Å²) in [6, 6.07) is 4.50. The fourth-order valence-electron chi connectivity index (χ4n) is 4.60. The monoisotopic (exact) mass is 309 g/mol. The molecule has 0 fully saturated rings. The number of allylic oxidation sites excluding steroid dienone is 3. The summed E-state index contributed by atoms with van der Waals surface area (Å²) in [6.45, 7) is 1.01. The highest BCUT2D eigenvalue weighted by molar-refractivity contribution is 5.72. The Hall–Kier alpha value is -2.20. The molecule has 6 rings (SSSR count). The summed E-state index contributed by atoms with van der Waals surface area (Å²) in [6.07, 6.45) is 7.58. The first-order valence-electron chi connectivity index (χ1n) is 7.99. The minimum absolute atomic E-state index is 0.222. The topological polar surface area (TPSA) is 30.9 Å². The standard InChI is InChI=1S/C19H19NO3/c1-20-9-8-19-11-4-6-15(22-3)18(19)23-17-14(21-2)7-5-12(16(17)19)13(20)10-11/h4-7,10,13H,8-9H2,1-3H3/t13-,19-/m0/s1. The lowest BCUT2D eigenvalue weighted by molar-refractivity contribution is 0.246. The van der Waals surface area contributed by atoms with Gasteiger partial charge in [0, 0.05) is 12.1 Å². The second kappa shape index (κ2) is 4.20. The van der Waals surface area contributed by atoms with Crippen molar-refractivity contribution in [2.45, 2.75) is 17.9 Å². The number of hydrogen-bond donors (Lipinski definition) is 0. The summed E-state index contributed by atoms with van der Waals surface area (Å²) in [7, 11) is 5.60. The lowest BCUT2D eigenvalue weighted by Crippen LogP contribution is -2.33. The summed E-state index contributed by atoms with van der Waals surface area (Å²) in [5.74, 6) is 3.40. The summed E-state index contributed by atoms with van der Waals surface area (Å²) in [5.41, 5.74) is 3.70. The van der Waals surface area contributed by atoms with Gasteiger partial charge in [-0.05, 0) is 36.7 Å². The molecule has 0 aromatic heterocycles. The van der Waals surface area contributed by atoms with E-state index in [-0.39, 0.29) is 11.5 Å². The molecule has 1 spiro atoms. The Morgan fingerprint density at radius 1 is 1.22 bits per heavy atom. The third-order valence-electron chi connectivity index (χ3n) is 5.71. The zero-order chi connectivity index (χ0) is 15.8. The van der Waals surface area contributed by atoms with Crippen LogP contribution in [-0.4, -0.2) is 32.7 Å². The van der Waals surface area contributed by atoms with Crippen LogP contribution >= 0.6 is 0 Å². The average molecular weight is 309 g/mol. The number of likely N-dealkylation sites (N-methyl/N-ethyl adjacent to an activating group) is 1. The molecule has 0 unspecified atom stereocenters. The van der Waals surface area contributed by atoms with Gasteiger partial charge in [0.1, 0.15) is 0 Å². The molecule has 0 N–H and O–H groups in total. The van der Waals surface area contributed by atoms with Gasteiger partial charge in [-0.2, -0.15) is 0 Å². The Labute approximate surface area is 135 Å². The molecular weight excluding hydrogens is 290 g/mol. The molecule has 0 saturated heterocycles. The van der Waals surface area contributed by atoms with Crippen molar-refractivity contribution >= 4 is 0 Å². The van der Waals surface area contributed by atoms with Crippen LogP contribution in [0.4, 0.5) is 0 Å². The van der Waals surface area contributed by atoms with Crippen LogP contribution in [0.3, 0.4) is 0 Å². The van der Waals surface area contributed by atoms with E-state index in [0.29, 0.717) is 0 Å². The number of fused-ring (bicyclic) bond motifs is 2. The SMILES string of the molecule is COC1=C2Oc3c(OC)ccc4c3[C@@]23CCN(C)[C@H]4C=C3C=C1. The molecule has 2 bridgehead atoms. The van der Waals surface area contributed by atoms with Gasteiger partial charge in [0.15, 0.2) is 23.0 Å². The van der Waals surface area contributed by atoms with Crippen molar-refractivity contribution in [3.05, 3.63) is 58.6 Å². The van der Waals surface area contributed by atoms with Crippen LogP contribution in [0.25, 0.3) is 0 Å². The van der Waals surface area contributed by atoms with Crippen molar-refractivity contribution in [1.82, 2.24) is 4.90 Å². The Morgan fingerprint density at radius 3 is 2.87 bits per heavy atom. The first kappa shape index (κ1) is 13.3. The van der Waals surface area contributed by atoms with Crippen LogP contribution in [0.1, 0.15) is 23.6 Å². The first-order valence-corrected chi connectivity index (χ1v) is 7.99. The smallest absolute Gasteiger partial charge is 0.173 e. The van der Waals surface area contributed by atoms with E-state index in [0.717, 1.165) is 36.0 Å². The lowest BCUT2D eigenvalue weighted by Gasteiger charge is -2.36. The number of benzene rings is 1. The highest BCUT2D eigenvalue weighted by atomic mass is 16.5. The van der Waals surface area contributed by atoms with Gasteiger partial charge in [-0.1, -0.05) is 18.2 Å². The predicted octanol–water partition coefficient (Wildman–Crippen LogP) is 3.07. The Kier molecular flexibility index (Phi) is 2.42. The zero-order valence-corrected chi connectivity index (χ0v) is 13.6. The third-order valence-corrected chi connectivity index (χ3v) is 5.71. The number of hydrogen-bond acceptors (Lipinski definition) is 4. The summed E-state index contributed by atoms with van der Waals surface area (Å²) in [4.78, 5) is 2.42. The van der Waals surface area contributed by atoms with E-state index < -0.39 is 0 Å². The van der Waals surface area contributed by atoms with Crippen LogP contribution in [0, 0.1) is 0 Å². The molecule has 3 heterocycles. The van der Waals surface area contributed by atoms with Crippen molar-refractivity contribution in [2.75, 3.05) is 27.8 Å². The van der Waals surface area contributed by atoms with Gasteiger partial charge in [-0.3, -0.25) is 4.90 Å². The second-order valence-electron chi connectivity index (χ2n) is 6.60. The van der Waals surface area contributed by atoms with E-state index in [1.165, 1.54) is 16.7 Å². The van der Waals surface area contributed by atoms with Gasteiger partial charge in [0.25, 0.3) is 0 Å². The van der Waals surface area contributed by atoms with E-state index in [1.807, 2.05) is 12.1 Å². The Morgan fingerprint density at radius 2 is 2.09 bits per heavy atom. The molecule has 2 atom stereocenters. The van der Waals surface area contributed by atoms with Gasteiger partial charge in [0.2, 0.25) is 0 Å². The molecule has 4 heteroatoms. The van der Waals surface area contributed by atoms with E-state index >= 15 is 0 Å². The highest BCUT2D eigenvalue weighted by Gasteiger charge is 2.57. The Bertz CT molecular complexity index is 820. The maximum absolute atomic E-state index is 6.36. The molecule has 23 heavy (non-hydrogen) atoms. The molecule has 3 aliphatic heterocycles. The highest BCUT2D eigenvalue weighted by Crippen LogP contribution is 2.63. The fourth-order valence-corrected chi connectivity index (χ4v) is 4.60. The molecule has 0 amide bonds. The fraction of sp³-hybridized carbons (Fsp3) is 0.368. The lowest BCUT2D eigenvalue weighted by atomic mass is 9.65. The molecule has 1 aromatic carbocycles. The average Bonchev–Trinajstić information content (AvgIpc) is 2.80. The largest absolute Gasteiger partial charge is 0.493 e. The van der Waals surface area contributed by atoms with Crippen LogP contribution in [-0.2, 0) is 10.2 Å². The number of rotatable bonds is 2. The number of ether oxygens (including phenoxy) is 3. The van der Waals surface area contributed by atoms with Crippen LogP contribution in [0.15, 0.2) is 47.5 Å². The normalized spacial score (nSPS) is 29.9. The van der Waals surface area contributed by atoms with E-state index in [2.05, 4.69) is 30.2 Å². The second-order valence-corrected chi connectivity index (χ2v) is 6.60. The third kappa shape index (κ3) is 1.36. The van der Waals surface area contributed by atoms with Crippen LogP contribution in [0.2, 0.25) is 0 Å². The van der Waals surface area contributed by atoms with Crippen molar-refractivity contribution in [3.63, 3.8) is 0 Å². The molecule has 5 aliphatic rings. The van der Waals surface area contributed by atoms with Crippen molar-refractivity contribution in [2.24, 2.45) is 0 Å². The van der Waals surface area contributed by atoms with E-state index in [9.17, 15) is 0 Å². The number of nitrogens with zero attached hydrogens (tertiary/aromatic N) is 1. The molecule has 0 saturated carbocycles. The van der Waals surface area contributed by atoms with Gasteiger partial charge >= 0.3 is 0 Å². The molecule has 0 radical (unpaired) electrons. The Balaban J connectivity index is 1.91. The minimum Gasteiger partial charge on any atom is -0.493 e. The van der Waals surface area contributed by atoms with Crippen molar-refractivity contribution in [3.8, 4) is 11.5 Å². The minimum atomic E-state index is -0.222. The van der Waals surface area contributed by atoms with Gasteiger partial charge in [0.05, 0.1) is 25.7 Å². The quantitative estimate of drug-likeness (QED) is 0.840. The predicted molar refractivity (Wildman–Crippen MR) is 86.5 cm³/mol. The molecular formula is C19H19NO3. The summed E-state index contributed by atoms with van der Waals surface area (Å²) < 4.78 is 17.6. The van der Waals surface area contributed by atoms with Gasteiger partial charge < -0.3 is 14.2 Å². The molecule has 2 aliphatic carbocycles. The van der Waals surface area contributed by atoms with E-state index in [4.69, 9.17) is 14.2 Å². The van der Waals surface area contributed by atoms with Crippen molar-refractivity contribution in [1.29, 1.82) is 0 Å².